The molecule has 98 valence electrons. The molecule has 0 unspecified atom stereocenters. The van der Waals surface area contributed by atoms with Gasteiger partial charge in [0, 0.05) is 11.8 Å². The van der Waals surface area contributed by atoms with Gasteiger partial charge in [0.05, 0.1) is 22.2 Å². The van der Waals surface area contributed by atoms with E-state index in [-0.39, 0.29) is 5.41 Å². The number of hydrogen-bond acceptors (Lipinski definition) is 3. The molecule has 3 heteroatoms. The molecule has 0 amide bonds. The Bertz CT molecular complexity index is 434. The van der Waals surface area contributed by atoms with E-state index in [1.54, 1.807) is 11.3 Å². The highest BCUT2D eigenvalue weighted by atomic mass is 32.1. The van der Waals surface area contributed by atoms with Crippen molar-refractivity contribution >= 4 is 11.3 Å². The minimum atomic E-state index is -0.147. The number of nitriles is 1. The maximum absolute atomic E-state index is 9.56. The summed E-state index contributed by atoms with van der Waals surface area (Å²) in [5.74, 6) is 1.56. The summed E-state index contributed by atoms with van der Waals surface area (Å²) >= 11 is 1.69. The molecule has 1 heterocycles. The molecule has 1 fully saturated rings. The van der Waals surface area contributed by atoms with Crippen molar-refractivity contribution in [1.82, 2.24) is 4.98 Å². The number of rotatable bonds is 3. The maximum atomic E-state index is 9.56. The first-order valence-electron chi connectivity index (χ1n) is 6.87. The Balaban J connectivity index is 2.03. The van der Waals surface area contributed by atoms with Crippen molar-refractivity contribution in [3.05, 3.63) is 16.1 Å². The molecule has 0 radical (unpaired) electrons. The van der Waals surface area contributed by atoms with E-state index in [1.807, 2.05) is 6.92 Å². The van der Waals surface area contributed by atoms with E-state index in [0.29, 0.717) is 0 Å². The Kier molecular flexibility index (Phi) is 4.07. The van der Waals surface area contributed by atoms with Gasteiger partial charge in [-0.05, 0) is 44.4 Å². The lowest BCUT2D eigenvalue weighted by Gasteiger charge is -2.36. The molecule has 2 nitrogen and oxygen atoms in total. The fraction of sp³-hybridized carbons (Fsp3) is 0.733. The van der Waals surface area contributed by atoms with Crippen molar-refractivity contribution < 1.29 is 0 Å². The topological polar surface area (TPSA) is 36.7 Å². The minimum absolute atomic E-state index is 0.147. The third-order valence-corrected chi connectivity index (χ3v) is 5.18. The number of hydrogen-bond donors (Lipinski definition) is 0. The highest BCUT2D eigenvalue weighted by Crippen LogP contribution is 2.43. The number of thiazole rings is 1. The summed E-state index contributed by atoms with van der Waals surface area (Å²) in [6.45, 7) is 6.63. The predicted molar refractivity (Wildman–Crippen MR) is 75.4 cm³/mol. The second kappa shape index (κ2) is 5.40. The fourth-order valence-electron chi connectivity index (χ4n) is 3.02. The van der Waals surface area contributed by atoms with E-state index >= 15 is 0 Å². The van der Waals surface area contributed by atoms with Crippen LogP contribution >= 0.6 is 11.3 Å². The normalized spacial score (nSPS) is 28.3. The Labute approximate surface area is 114 Å². The maximum Gasteiger partial charge on any atom is 0.0897 e. The summed E-state index contributed by atoms with van der Waals surface area (Å²) in [6.07, 6.45) is 5.34. The van der Waals surface area contributed by atoms with E-state index in [9.17, 15) is 5.26 Å². The zero-order valence-electron chi connectivity index (χ0n) is 11.6. The SMILES string of the molecule is Cc1nc(CC2(C#N)CCC(C(C)C)CC2)cs1. The smallest absolute Gasteiger partial charge is 0.0897 e. The molecule has 1 aromatic heterocycles. The Morgan fingerprint density at radius 3 is 2.61 bits per heavy atom. The van der Waals surface area contributed by atoms with Crippen LogP contribution in [0.2, 0.25) is 0 Å². The minimum Gasteiger partial charge on any atom is -0.247 e. The van der Waals surface area contributed by atoms with Crippen LogP contribution in [0.15, 0.2) is 5.38 Å². The van der Waals surface area contributed by atoms with Gasteiger partial charge in [0.2, 0.25) is 0 Å². The third kappa shape index (κ3) is 2.92. The van der Waals surface area contributed by atoms with Gasteiger partial charge < -0.3 is 0 Å². The number of aryl methyl sites for hydroxylation is 1. The Hall–Kier alpha value is -0.880. The predicted octanol–water partition coefficient (Wildman–Crippen LogP) is 4.35. The van der Waals surface area contributed by atoms with Crippen LogP contribution in [0.4, 0.5) is 0 Å². The average molecular weight is 262 g/mol. The van der Waals surface area contributed by atoms with Gasteiger partial charge in [0.1, 0.15) is 0 Å². The first-order valence-corrected chi connectivity index (χ1v) is 7.75. The molecular formula is C15H22N2S. The van der Waals surface area contributed by atoms with E-state index < -0.39 is 0 Å². The quantitative estimate of drug-likeness (QED) is 0.812. The van der Waals surface area contributed by atoms with Crippen molar-refractivity contribution in [3.8, 4) is 6.07 Å². The van der Waals surface area contributed by atoms with Gasteiger partial charge >= 0.3 is 0 Å². The largest absolute Gasteiger partial charge is 0.247 e. The molecule has 0 aliphatic heterocycles. The molecule has 0 saturated heterocycles. The van der Waals surface area contributed by atoms with Crippen LogP contribution in [0.25, 0.3) is 0 Å². The monoisotopic (exact) mass is 262 g/mol. The van der Waals surface area contributed by atoms with Crippen molar-refractivity contribution in [1.29, 1.82) is 5.26 Å². The fourth-order valence-corrected chi connectivity index (χ4v) is 3.64. The molecule has 0 atom stereocenters. The van der Waals surface area contributed by atoms with Gasteiger partial charge in [-0.25, -0.2) is 4.98 Å². The van der Waals surface area contributed by atoms with E-state index in [1.165, 1.54) is 12.8 Å². The van der Waals surface area contributed by atoms with Crippen molar-refractivity contribution in [2.45, 2.75) is 52.9 Å². The van der Waals surface area contributed by atoms with Crippen LogP contribution in [0.5, 0.6) is 0 Å². The molecule has 2 rings (SSSR count). The molecule has 0 aromatic carbocycles. The summed E-state index contributed by atoms with van der Waals surface area (Å²) < 4.78 is 0. The van der Waals surface area contributed by atoms with Crippen molar-refractivity contribution in [2.24, 2.45) is 17.3 Å². The summed E-state index contributed by atoms with van der Waals surface area (Å²) in [6, 6.07) is 2.60. The molecule has 1 aliphatic carbocycles. The molecule has 0 spiro atoms. The summed E-state index contributed by atoms with van der Waals surface area (Å²) in [7, 11) is 0. The second-order valence-corrected chi connectivity index (χ2v) is 7.07. The van der Waals surface area contributed by atoms with Crippen LogP contribution in [-0.4, -0.2) is 4.98 Å². The zero-order chi connectivity index (χ0) is 13.2. The summed E-state index contributed by atoms with van der Waals surface area (Å²) in [5.41, 5.74) is 0.966. The molecular weight excluding hydrogens is 240 g/mol. The van der Waals surface area contributed by atoms with Crippen LogP contribution in [0, 0.1) is 35.5 Å². The molecule has 0 N–H and O–H groups in total. The number of nitrogens with zero attached hydrogens (tertiary/aromatic N) is 2. The van der Waals surface area contributed by atoms with Crippen LogP contribution < -0.4 is 0 Å². The lowest BCUT2D eigenvalue weighted by Crippen LogP contribution is -2.30. The summed E-state index contributed by atoms with van der Waals surface area (Å²) in [4.78, 5) is 4.52. The summed E-state index contributed by atoms with van der Waals surface area (Å²) in [5, 5.41) is 12.8. The van der Waals surface area contributed by atoms with Gasteiger partial charge in [-0.15, -0.1) is 11.3 Å². The van der Waals surface area contributed by atoms with Crippen LogP contribution in [0.1, 0.15) is 50.2 Å². The molecule has 1 aromatic rings. The third-order valence-electron chi connectivity index (χ3n) is 4.35. The van der Waals surface area contributed by atoms with E-state index in [2.05, 4.69) is 30.3 Å². The van der Waals surface area contributed by atoms with Gasteiger partial charge in [0.25, 0.3) is 0 Å². The average Bonchev–Trinajstić information content (AvgIpc) is 2.75. The molecule has 1 saturated carbocycles. The Morgan fingerprint density at radius 1 is 1.50 bits per heavy atom. The lowest BCUT2D eigenvalue weighted by molar-refractivity contribution is 0.174. The second-order valence-electron chi connectivity index (χ2n) is 6.01. The Morgan fingerprint density at radius 2 is 2.17 bits per heavy atom. The highest BCUT2D eigenvalue weighted by Gasteiger charge is 2.36. The lowest BCUT2D eigenvalue weighted by atomic mass is 9.67. The highest BCUT2D eigenvalue weighted by molar-refractivity contribution is 7.09. The van der Waals surface area contributed by atoms with Gasteiger partial charge in [-0.2, -0.15) is 5.26 Å². The first-order chi connectivity index (χ1) is 8.54. The van der Waals surface area contributed by atoms with Gasteiger partial charge in [0.15, 0.2) is 0 Å². The van der Waals surface area contributed by atoms with Crippen LogP contribution in [0.3, 0.4) is 0 Å². The van der Waals surface area contributed by atoms with Gasteiger partial charge in [-0.1, -0.05) is 13.8 Å². The zero-order valence-corrected chi connectivity index (χ0v) is 12.4. The standard InChI is InChI=1S/C15H22N2S/c1-11(2)13-4-6-15(10-16,7-5-13)8-14-9-18-12(3)17-14/h9,11,13H,4-8H2,1-3H3. The molecule has 0 bridgehead atoms. The van der Waals surface area contributed by atoms with Crippen LogP contribution in [-0.2, 0) is 6.42 Å². The van der Waals surface area contributed by atoms with Gasteiger partial charge in [-0.3, -0.25) is 0 Å². The van der Waals surface area contributed by atoms with E-state index in [4.69, 9.17) is 0 Å². The molecule has 1 aliphatic rings. The molecule has 18 heavy (non-hydrogen) atoms. The van der Waals surface area contributed by atoms with Crippen molar-refractivity contribution in [2.75, 3.05) is 0 Å². The van der Waals surface area contributed by atoms with E-state index in [0.717, 1.165) is 41.8 Å². The first kappa shape index (κ1) is 13.5. The van der Waals surface area contributed by atoms with Crippen molar-refractivity contribution in [3.63, 3.8) is 0 Å². The number of aromatic nitrogens is 1.